The molecule has 0 aliphatic carbocycles. The maximum atomic E-state index is 13.2. The predicted molar refractivity (Wildman–Crippen MR) is 92.7 cm³/mol. The molecule has 10 nitrogen and oxygen atoms in total. The Morgan fingerprint density at radius 1 is 1.34 bits per heavy atom. The van der Waals surface area contributed by atoms with Crippen LogP contribution in [0.5, 0.6) is 0 Å². The van der Waals surface area contributed by atoms with Gasteiger partial charge in [0, 0.05) is 0 Å². The minimum absolute atomic E-state index is 0.0696. The second-order valence-electron chi connectivity index (χ2n) is 5.98. The van der Waals surface area contributed by atoms with Crippen LogP contribution in [0, 0.1) is 22.9 Å². The molecule has 1 amide bonds. The number of nitro groups is 1. The molecule has 0 radical (unpaired) electrons. The van der Waals surface area contributed by atoms with Crippen molar-refractivity contribution in [2.75, 3.05) is 5.32 Å². The molecule has 0 bridgehead atoms. The summed E-state index contributed by atoms with van der Waals surface area (Å²) in [6.45, 7) is 0.886. The molecule has 1 N–H and O–H groups in total. The summed E-state index contributed by atoms with van der Waals surface area (Å²) in [6.07, 6.45) is -1.84. The summed E-state index contributed by atoms with van der Waals surface area (Å²) in [7, 11) is 0. The first-order valence-electron chi connectivity index (χ1n) is 8.18. The van der Waals surface area contributed by atoms with E-state index in [1.54, 1.807) is 12.1 Å². The van der Waals surface area contributed by atoms with E-state index in [0.717, 1.165) is 4.68 Å². The van der Waals surface area contributed by atoms with Crippen molar-refractivity contribution < 1.29 is 22.9 Å². The summed E-state index contributed by atoms with van der Waals surface area (Å²) < 4.78 is 41.3. The van der Waals surface area contributed by atoms with Crippen LogP contribution in [0.1, 0.15) is 23.4 Å². The summed E-state index contributed by atoms with van der Waals surface area (Å²) in [4.78, 5) is 26.0. The molecule has 29 heavy (non-hydrogen) atoms. The third-order valence-corrected chi connectivity index (χ3v) is 3.90. The first kappa shape index (κ1) is 20.0. The van der Waals surface area contributed by atoms with Gasteiger partial charge in [0.1, 0.15) is 24.4 Å². The molecule has 0 unspecified atom stereocenters. The molecule has 13 heteroatoms. The van der Waals surface area contributed by atoms with Crippen molar-refractivity contribution in [3.63, 3.8) is 0 Å². The maximum absolute atomic E-state index is 13.2. The van der Waals surface area contributed by atoms with Gasteiger partial charge in [-0.25, -0.2) is 22.8 Å². The van der Waals surface area contributed by atoms with E-state index in [4.69, 9.17) is 0 Å². The van der Waals surface area contributed by atoms with Crippen LogP contribution in [0.3, 0.4) is 0 Å². The minimum Gasteiger partial charge on any atom is -0.292 e. The number of carbonyl (C=O) groups is 1. The number of hydrogen-bond acceptors (Lipinski definition) is 6. The van der Waals surface area contributed by atoms with Crippen molar-refractivity contribution >= 4 is 17.5 Å². The van der Waals surface area contributed by atoms with Crippen LogP contribution in [-0.4, -0.2) is 35.4 Å². The highest BCUT2D eigenvalue weighted by atomic mass is 19.3. The largest absolute Gasteiger partial charge is 0.319 e. The van der Waals surface area contributed by atoms with E-state index in [0.29, 0.717) is 5.56 Å². The molecule has 0 aliphatic heterocycles. The molecule has 3 aromatic rings. The van der Waals surface area contributed by atoms with E-state index in [9.17, 15) is 28.1 Å². The van der Waals surface area contributed by atoms with E-state index in [1.807, 2.05) is 0 Å². The molecule has 0 saturated carbocycles. The summed E-state index contributed by atoms with van der Waals surface area (Å²) in [6, 6.07) is 5.87. The number of nitrogens with zero attached hydrogens (tertiary/aromatic N) is 6. The standard InChI is InChI=1S/C16H14F3N7O3/c1-9-14(26(28)29)13(15(18)19)22-25(9)7-12(27)21-16-20-8-24(23-16)6-10-3-2-4-11(17)5-10/h2-5,8,15H,6-7H2,1H3,(H,21,23,27). The number of hydrogen-bond donors (Lipinski definition) is 1. The van der Waals surface area contributed by atoms with Gasteiger partial charge in [-0.1, -0.05) is 12.1 Å². The maximum Gasteiger partial charge on any atom is 0.319 e. The Morgan fingerprint density at radius 2 is 2.10 bits per heavy atom. The lowest BCUT2D eigenvalue weighted by atomic mass is 10.2. The molecular formula is C16H14F3N7O3. The van der Waals surface area contributed by atoms with Crippen LogP contribution in [0.25, 0.3) is 0 Å². The summed E-state index contributed by atoms with van der Waals surface area (Å²) in [5.74, 6) is -1.18. The number of rotatable bonds is 7. The smallest absolute Gasteiger partial charge is 0.292 e. The quantitative estimate of drug-likeness (QED) is 0.473. The van der Waals surface area contributed by atoms with Crippen molar-refractivity contribution in [3.8, 4) is 0 Å². The van der Waals surface area contributed by atoms with Gasteiger partial charge < -0.3 is 0 Å². The topological polar surface area (TPSA) is 121 Å². The first-order valence-corrected chi connectivity index (χ1v) is 8.18. The van der Waals surface area contributed by atoms with Gasteiger partial charge in [0.25, 0.3) is 6.43 Å². The van der Waals surface area contributed by atoms with E-state index >= 15 is 0 Å². The third-order valence-electron chi connectivity index (χ3n) is 3.90. The van der Waals surface area contributed by atoms with Crippen LogP contribution in [0.15, 0.2) is 30.6 Å². The van der Waals surface area contributed by atoms with Gasteiger partial charge in [-0.05, 0) is 24.6 Å². The van der Waals surface area contributed by atoms with E-state index < -0.39 is 41.0 Å². The zero-order valence-corrected chi connectivity index (χ0v) is 14.9. The van der Waals surface area contributed by atoms with Gasteiger partial charge in [-0.15, -0.1) is 5.10 Å². The fourth-order valence-corrected chi connectivity index (χ4v) is 2.64. The van der Waals surface area contributed by atoms with Crippen LogP contribution < -0.4 is 5.32 Å². The number of aromatic nitrogens is 5. The van der Waals surface area contributed by atoms with Crippen LogP contribution in [0.2, 0.25) is 0 Å². The zero-order valence-electron chi connectivity index (χ0n) is 14.9. The van der Waals surface area contributed by atoms with Crippen molar-refractivity contribution in [3.05, 3.63) is 63.5 Å². The normalized spacial score (nSPS) is 11.1. The molecule has 2 heterocycles. The number of amides is 1. The number of nitrogens with one attached hydrogen (secondary N) is 1. The Morgan fingerprint density at radius 3 is 2.72 bits per heavy atom. The van der Waals surface area contributed by atoms with Crippen molar-refractivity contribution in [1.29, 1.82) is 0 Å². The highest BCUT2D eigenvalue weighted by Crippen LogP contribution is 2.30. The molecule has 1 aromatic carbocycles. The van der Waals surface area contributed by atoms with E-state index in [1.165, 1.54) is 30.1 Å². The van der Waals surface area contributed by atoms with Gasteiger partial charge >= 0.3 is 5.69 Å². The molecule has 2 aromatic heterocycles. The Hall–Kier alpha value is -3.77. The number of anilines is 1. The predicted octanol–water partition coefficient (Wildman–Crippen LogP) is 2.45. The van der Waals surface area contributed by atoms with Crippen molar-refractivity contribution in [2.24, 2.45) is 0 Å². The fraction of sp³-hybridized carbons (Fsp3) is 0.250. The number of carbonyl (C=O) groups excluding carboxylic acids is 1. The van der Waals surface area contributed by atoms with Gasteiger partial charge in [-0.3, -0.25) is 24.9 Å². The Kier molecular flexibility index (Phi) is 5.57. The number of benzene rings is 1. The highest BCUT2D eigenvalue weighted by molar-refractivity contribution is 5.88. The molecule has 0 atom stereocenters. The third kappa shape index (κ3) is 4.56. The monoisotopic (exact) mass is 409 g/mol. The van der Waals surface area contributed by atoms with Crippen LogP contribution >= 0.6 is 0 Å². The molecule has 152 valence electrons. The lowest BCUT2D eigenvalue weighted by molar-refractivity contribution is -0.386. The number of alkyl halides is 2. The number of halogens is 3. The first-order chi connectivity index (χ1) is 13.7. The SMILES string of the molecule is Cc1c([N+](=O)[O-])c(C(F)F)nn1CC(=O)Nc1ncn(Cc2cccc(F)c2)n1. The second-order valence-corrected chi connectivity index (χ2v) is 5.98. The fourth-order valence-electron chi connectivity index (χ4n) is 2.64. The van der Waals surface area contributed by atoms with Crippen LogP contribution in [0.4, 0.5) is 24.8 Å². The van der Waals surface area contributed by atoms with Gasteiger partial charge in [0.15, 0.2) is 0 Å². The van der Waals surface area contributed by atoms with Crippen molar-refractivity contribution in [1.82, 2.24) is 24.5 Å². The van der Waals surface area contributed by atoms with Gasteiger partial charge in [0.05, 0.1) is 11.5 Å². The zero-order chi connectivity index (χ0) is 21.1. The summed E-state index contributed by atoms with van der Waals surface area (Å²) in [5.41, 5.74) is -1.38. The molecule has 0 saturated heterocycles. The van der Waals surface area contributed by atoms with E-state index in [2.05, 4.69) is 20.5 Å². The molecule has 0 spiro atoms. The molecular weight excluding hydrogens is 395 g/mol. The average molecular weight is 409 g/mol. The Balaban J connectivity index is 1.68. The molecule has 0 fully saturated rings. The average Bonchev–Trinajstić information content (AvgIpc) is 3.19. The van der Waals surface area contributed by atoms with Crippen LogP contribution in [-0.2, 0) is 17.9 Å². The van der Waals surface area contributed by atoms with Gasteiger partial charge in [-0.2, -0.15) is 5.10 Å². The van der Waals surface area contributed by atoms with Crippen molar-refractivity contribution in [2.45, 2.75) is 26.4 Å². The summed E-state index contributed by atoms with van der Waals surface area (Å²) in [5, 5.41) is 20.8. The Bertz CT molecular complexity index is 1060. The molecule has 3 rings (SSSR count). The lowest BCUT2D eigenvalue weighted by Crippen LogP contribution is -2.21. The second kappa shape index (κ2) is 8.08. The molecule has 0 aliphatic rings. The minimum atomic E-state index is -3.15. The highest BCUT2D eigenvalue weighted by Gasteiger charge is 2.31. The van der Waals surface area contributed by atoms with E-state index in [-0.39, 0.29) is 18.2 Å². The lowest BCUT2D eigenvalue weighted by Gasteiger charge is -2.03. The summed E-state index contributed by atoms with van der Waals surface area (Å²) >= 11 is 0. The Labute approximate surface area is 161 Å². The van der Waals surface area contributed by atoms with Gasteiger partial charge in [0.2, 0.25) is 17.5 Å².